The van der Waals surface area contributed by atoms with E-state index in [9.17, 15) is 4.79 Å². The van der Waals surface area contributed by atoms with Crippen molar-refractivity contribution in [2.45, 2.75) is 32.9 Å². The molecule has 7 nitrogen and oxygen atoms in total. The molecule has 32 heavy (non-hydrogen) atoms. The number of amides is 1. The van der Waals surface area contributed by atoms with Gasteiger partial charge in [-0.25, -0.2) is 0 Å². The third-order valence-corrected chi connectivity index (χ3v) is 6.04. The first-order valence-corrected chi connectivity index (χ1v) is 11.7. The van der Waals surface area contributed by atoms with Crippen LogP contribution in [0.25, 0.3) is 11.4 Å². The van der Waals surface area contributed by atoms with E-state index in [1.165, 1.54) is 0 Å². The predicted molar refractivity (Wildman–Crippen MR) is 125 cm³/mol. The Kier molecular flexibility index (Phi) is 7.55. The van der Waals surface area contributed by atoms with Crippen molar-refractivity contribution in [2.75, 3.05) is 19.7 Å². The molecule has 1 unspecified atom stereocenters. The zero-order chi connectivity index (χ0) is 22.3. The van der Waals surface area contributed by atoms with Crippen LogP contribution in [0.5, 0.6) is 5.75 Å². The smallest absolute Gasteiger partial charge is 0.241 e. The molecule has 0 bridgehead atoms. The fraction of sp³-hybridized carbons (Fsp3) is 0.375. The van der Waals surface area contributed by atoms with Gasteiger partial charge in [-0.15, -0.1) is 0 Å². The van der Waals surface area contributed by atoms with Gasteiger partial charge in [0.05, 0.1) is 19.1 Å². The van der Waals surface area contributed by atoms with Gasteiger partial charge in [0.15, 0.2) is 0 Å². The maximum Gasteiger partial charge on any atom is 0.241 e. The van der Waals surface area contributed by atoms with E-state index in [0.29, 0.717) is 38.0 Å². The van der Waals surface area contributed by atoms with Crippen molar-refractivity contribution in [2.24, 2.45) is 5.92 Å². The Bertz CT molecular complexity index is 1020. The van der Waals surface area contributed by atoms with Crippen molar-refractivity contribution in [3.8, 4) is 17.1 Å². The molecule has 4 rings (SSSR count). The SMILES string of the molecule is CCOc1ccc(CNC(=O)C2CCCN(Cc3nc(-c4ccc(Br)cc4)no3)C2)cc1. The number of halogens is 1. The van der Waals surface area contributed by atoms with E-state index in [1.807, 2.05) is 55.5 Å². The Labute approximate surface area is 196 Å². The topological polar surface area (TPSA) is 80.5 Å². The quantitative estimate of drug-likeness (QED) is 0.494. The number of benzene rings is 2. The Morgan fingerprint density at radius 2 is 2.00 bits per heavy atom. The highest BCUT2D eigenvalue weighted by Crippen LogP contribution is 2.22. The van der Waals surface area contributed by atoms with Gasteiger partial charge in [0.1, 0.15) is 5.75 Å². The molecular formula is C24H27BrN4O3. The number of nitrogens with one attached hydrogen (secondary N) is 1. The van der Waals surface area contributed by atoms with Crippen molar-refractivity contribution in [1.29, 1.82) is 0 Å². The van der Waals surface area contributed by atoms with Crippen molar-refractivity contribution in [3.05, 3.63) is 64.5 Å². The number of likely N-dealkylation sites (tertiary alicyclic amines) is 1. The Hall–Kier alpha value is -2.71. The van der Waals surface area contributed by atoms with Crippen molar-refractivity contribution in [1.82, 2.24) is 20.4 Å². The first kappa shape index (κ1) is 22.5. The number of hydrogen-bond acceptors (Lipinski definition) is 6. The summed E-state index contributed by atoms with van der Waals surface area (Å²) in [4.78, 5) is 19.5. The first-order valence-electron chi connectivity index (χ1n) is 10.9. The van der Waals surface area contributed by atoms with Gasteiger partial charge in [-0.1, -0.05) is 33.2 Å². The minimum absolute atomic E-state index is 0.0414. The summed E-state index contributed by atoms with van der Waals surface area (Å²) in [6.45, 7) is 5.27. The average Bonchev–Trinajstić information content (AvgIpc) is 3.27. The van der Waals surface area contributed by atoms with Gasteiger partial charge in [0.2, 0.25) is 17.6 Å². The Morgan fingerprint density at radius 3 is 2.75 bits per heavy atom. The summed E-state index contributed by atoms with van der Waals surface area (Å²) >= 11 is 3.43. The summed E-state index contributed by atoms with van der Waals surface area (Å²) in [6.07, 6.45) is 1.86. The molecule has 0 saturated carbocycles. The molecule has 1 aliphatic heterocycles. The molecule has 1 atom stereocenters. The van der Waals surface area contributed by atoms with Crippen molar-refractivity contribution < 1.29 is 14.1 Å². The highest BCUT2D eigenvalue weighted by atomic mass is 79.9. The summed E-state index contributed by atoms with van der Waals surface area (Å²) in [5.74, 6) is 2.03. The van der Waals surface area contributed by atoms with Crippen LogP contribution in [0, 0.1) is 5.92 Å². The molecule has 1 aromatic heterocycles. The van der Waals surface area contributed by atoms with Crippen LogP contribution in [-0.2, 0) is 17.9 Å². The second-order valence-corrected chi connectivity index (χ2v) is 8.80. The second kappa shape index (κ2) is 10.7. The zero-order valence-corrected chi connectivity index (χ0v) is 19.7. The number of piperidine rings is 1. The molecule has 8 heteroatoms. The zero-order valence-electron chi connectivity index (χ0n) is 18.1. The maximum atomic E-state index is 12.7. The number of ether oxygens (including phenoxy) is 1. The summed E-state index contributed by atoms with van der Waals surface area (Å²) < 4.78 is 11.9. The number of hydrogen-bond donors (Lipinski definition) is 1. The molecule has 168 valence electrons. The van der Waals surface area contributed by atoms with Gasteiger partial charge in [0.25, 0.3) is 0 Å². The van der Waals surface area contributed by atoms with Crippen LogP contribution >= 0.6 is 15.9 Å². The van der Waals surface area contributed by atoms with Crippen LogP contribution in [0.15, 0.2) is 57.5 Å². The Morgan fingerprint density at radius 1 is 1.22 bits per heavy atom. The van der Waals surface area contributed by atoms with E-state index in [-0.39, 0.29) is 11.8 Å². The molecule has 1 aliphatic rings. The monoisotopic (exact) mass is 498 g/mol. The summed E-state index contributed by atoms with van der Waals surface area (Å²) in [6, 6.07) is 15.6. The van der Waals surface area contributed by atoms with E-state index >= 15 is 0 Å². The number of carbonyl (C=O) groups is 1. The summed E-state index contributed by atoms with van der Waals surface area (Å²) in [5.41, 5.74) is 1.97. The highest BCUT2D eigenvalue weighted by Gasteiger charge is 2.26. The molecule has 1 fully saturated rings. The standard InChI is InChI=1S/C24H27BrN4O3/c1-2-31-21-11-5-17(6-12-21)14-26-24(30)19-4-3-13-29(15-19)16-22-27-23(28-32-22)18-7-9-20(25)10-8-18/h5-12,19H,2-4,13-16H2,1H3,(H,26,30). The molecule has 2 heterocycles. The predicted octanol–water partition coefficient (Wildman–Crippen LogP) is 4.43. The van der Waals surface area contributed by atoms with Gasteiger partial charge >= 0.3 is 0 Å². The lowest BCUT2D eigenvalue weighted by atomic mass is 9.97. The van der Waals surface area contributed by atoms with Gasteiger partial charge in [-0.2, -0.15) is 4.98 Å². The molecule has 0 spiro atoms. The fourth-order valence-corrected chi connectivity index (χ4v) is 4.11. The minimum atomic E-state index is -0.0414. The van der Waals surface area contributed by atoms with E-state index < -0.39 is 0 Å². The molecular weight excluding hydrogens is 472 g/mol. The van der Waals surface area contributed by atoms with E-state index in [0.717, 1.165) is 40.7 Å². The number of rotatable bonds is 8. The lowest BCUT2D eigenvalue weighted by Crippen LogP contribution is -2.42. The lowest BCUT2D eigenvalue weighted by Gasteiger charge is -2.30. The number of aromatic nitrogens is 2. The first-order chi connectivity index (χ1) is 15.6. The van der Waals surface area contributed by atoms with Gasteiger partial charge in [-0.3, -0.25) is 9.69 Å². The van der Waals surface area contributed by atoms with Crippen LogP contribution in [0.2, 0.25) is 0 Å². The molecule has 0 aliphatic carbocycles. The van der Waals surface area contributed by atoms with Crippen molar-refractivity contribution in [3.63, 3.8) is 0 Å². The molecule has 3 aromatic rings. The normalized spacial score (nSPS) is 16.6. The second-order valence-electron chi connectivity index (χ2n) is 7.89. The molecule has 1 saturated heterocycles. The third kappa shape index (κ3) is 5.95. The average molecular weight is 499 g/mol. The van der Waals surface area contributed by atoms with Crippen LogP contribution in [-0.4, -0.2) is 40.6 Å². The van der Waals surface area contributed by atoms with E-state index in [4.69, 9.17) is 9.26 Å². The lowest BCUT2D eigenvalue weighted by molar-refractivity contribution is -0.127. The van der Waals surface area contributed by atoms with Crippen molar-refractivity contribution >= 4 is 21.8 Å². The largest absolute Gasteiger partial charge is 0.494 e. The van der Waals surface area contributed by atoms with Gasteiger partial charge < -0.3 is 14.6 Å². The van der Waals surface area contributed by atoms with E-state index in [2.05, 4.69) is 36.3 Å². The van der Waals surface area contributed by atoms with Gasteiger partial charge in [-0.05, 0) is 68.3 Å². The number of nitrogens with zero attached hydrogens (tertiary/aromatic N) is 3. The number of carbonyl (C=O) groups excluding carboxylic acids is 1. The fourth-order valence-electron chi connectivity index (χ4n) is 3.84. The molecule has 1 amide bonds. The van der Waals surface area contributed by atoms with Crippen LogP contribution < -0.4 is 10.1 Å². The van der Waals surface area contributed by atoms with Crippen LogP contribution in [0.3, 0.4) is 0 Å². The Balaban J connectivity index is 1.28. The third-order valence-electron chi connectivity index (χ3n) is 5.51. The summed E-state index contributed by atoms with van der Waals surface area (Å²) in [7, 11) is 0. The van der Waals surface area contributed by atoms with Crippen LogP contribution in [0.1, 0.15) is 31.2 Å². The highest BCUT2D eigenvalue weighted by molar-refractivity contribution is 9.10. The van der Waals surface area contributed by atoms with Crippen LogP contribution in [0.4, 0.5) is 0 Å². The van der Waals surface area contributed by atoms with Gasteiger partial charge in [0, 0.05) is 23.1 Å². The molecule has 0 radical (unpaired) electrons. The van der Waals surface area contributed by atoms with E-state index in [1.54, 1.807) is 0 Å². The maximum absolute atomic E-state index is 12.7. The minimum Gasteiger partial charge on any atom is -0.494 e. The molecule has 2 aromatic carbocycles. The molecule has 1 N–H and O–H groups in total. The summed E-state index contributed by atoms with van der Waals surface area (Å²) in [5, 5.41) is 7.17.